The van der Waals surface area contributed by atoms with Crippen molar-refractivity contribution in [3.05, 3.63) is 52.0 Å². The van der Waals surface area contributed by atoms with Crippen LogP contribution in [-0.4, -0.2) is 15.9 Å². The normalized spacial score (nSPS) is 10.8. The second kappa shape index (κ2) is 5.27. The summed E-state index contributed by atoms with van der Waals surface area (Å²) < 4.78 is 0. The zero-order chi connectivity index (χ0) is 15.0. The molecule has 3 rings (SSSR count). The lowest BCUT2D eigenvalue weighted by Gasteiger charge is -2.06. The molecule has 0 saturated carbocycles. The Hall–Kier alpha value is -2.24. The van der Waals surface area contributed by atoms with Crippen molar-refractivity contribution in [3.8, 4) is 0 Å². The Kier molecular flexibility index (Phi) is 3.45. The van der Waals surface area contributed by atoms with Gasteiger partial charge in [0.2, 0.25) is 5.95 Å². The minimum Gasteiger partial charge on any atom is -0.397 e. The third kappa shape index (κ3) is 2.66. The van der Waals surface area contributed by atoms with Crippen LogP contribution in [0.1, 0.15) is 10.4 Å². The quantitative estimate of drug-likeness (QED) is 0.629. The molecular weight excluding hydrogens is 311 g/mol. The molecule has 0 spiro atoms. The molecule has 2 aromatic carbocycles. The SMILES string of the molecule is Nc1cc(C(=O)Nc2nc3ccccc3[nH]2)cc(Cl)c1Cl. The highest BCUT2D eigenvalue weighted by Crippen LogP contribution is 2.29. The number of H-pyrrole nitrogens is 1. The lowest BCUT2D eigenvalue weighted by molar-refractivity contribution is 0.102. The van der Waals surface area contributed by atoms with Gasteiger partial charge in [0.1, 0.15) is 0 Å². The third-order valence-corrected chi connectivity index (χ3v) is 3.76. The van der Waals surface area contributed by atoms with E-state index in [1.807, 2.05) is 24.3 Å². The number of halogens is 2. The molecule has 0 aliphatic carbocycles. The highest BCUT2D eigenvalue weighted by atomic mass is 35.5. The number of anilines is 2. The van der Waals surface area contributed by atoms with Crippen LogP contribution in [0.4, 0.5) is 11.6 Å². The lowest BCUT2D eigenvalue weighted by atomic mass is 10.2. The molecular formula is C14H10Cl2N4O. The van der Waals surface area contributed by atoms with Gasteiger partial charge < -0.3 is 10.7 Å². The van der Waals surface area contributed by atoms with E-state index in [0.717, 1.165) is 11.0 Å². The van der Waals surface area contributed by atoms with Gasteiger partial charge in [-0.3, -0.25) is 10.1 Å². The van der Waals surface area contributed by atoms with Gasteiger partial charge in [0.25, 0.3) is 5.91 Å². The standard InChI is InChI=1S/C14H10Cl2N4O/c15-8-5-7(6-9(17)12(8)16)13(21)20-14-18-10-3-1-2-4-11(10)19-14/h1-6H,17H2,(H2,18,19,20,21). The summed E-state index contributed by atoms with van der Waals surface area (Å²) >= 11 is 11.8. The monoisotopic (exact) mass is 320 g/mol. The Morgan fingerprint density at radius 2 is 2.00 bits per heavy atom. The summed E-state index contributed by atoms with van der Waals surface area (Å²) in [6, 6.07) is 10.4. The molecule has 0 radical (unpaired) electrons. The van der Waals surface area contributed by atoms with Crippen LogP contribution in [0, 0.1) is 0 Å². The first-order valence-electron chi connectivity index (χ1n) is 6.05. The Bertz CT molecular complexity index is 788. The van der Waals surface area contributed by atoms with E-state index >= 15 is 0 Å². The van der Waals surface area contributed by atoms with Crippen molar-refractivity contribution in [2.24, 2.45) is 0 Å². The largest absolute Gasteiger partial charge is 0.397 e. The van der Waals surface area contributed by atoms with Crippen LogP contribution in [0.3, 0.4) is 0 Å². The molecule has 0 atom stereocenters. The van der Waals surface area contributed by atoms with Crippen molar-refractivity contribution < 1.29 is 4.79 Å². The fourth-order valence-electron chi connectivity index (χ4n) is 1.93. The van der Waals surface area contributed by atoms with E-state index in [2.05, 4.69) is 15.3 Å². The summed E-state index contributed by atoms with van der Waals surface area (Å²) in [5, 5.41) is 3.12. The molecule has 7 heteroatoms. The molecule has 106 valence electrons. The topological polar surface area (TPSA) is 83.8 Å². The summed E-state index contributed by atoms with van der Waals surface area (Å²) in [5.74, 6) is -0.0230. The first kappa shape index (κ1) is 13.7. The fourth-order valence-corrected chi connectivity index (χ4v) is 2.27. The van der Waals surface area contributed by atoms with Crippen LogP contribution in [0.15, 0.2) is 36.4 Å². The lowest BCUT2D eigenvalue weighted by Crippen LogP contribution is -2.13. The number of hydrogen-bond acceptors (Lipinski definition) is 3. The number of aromatic nitrogens is 2. The second-order valence-corrected chi connectivity index (χ2v) is 5.20. The number of carbonyl (C=O) groups excluding carboxylic acids is 1. The Balaban J connectivity index is 1.89. The van der Waals surface area contributed by atoms with Gasteiger partial charge in [0.15, 0.2) is 0 Å². The second-order valence-electron chi connectivity index (χ2n) is 4.42. The number of nitrogens with one attached hydrogen (secondary N) is 2. The first-order chi connectivity index (χ1) is 10.0. The number of carbonyl (C=O) groups is 1. The zero-order valence-electron chi connectivity index (χ0n) is 10.7. The minimum atomic E-state index is -0.376. The number of nitrogens with two attached hydrogens (primary N) is 1. The molecule has 3 aromatic rings. The number of aromatic amines is 1. The Morgan fingerprint density at radius 1 is 1.24 bits per heavy atom. The van der Waals surface area contributed by atoms with Gasteiger partial charge in [-0.2, -0.15) is 0 Å². The van der Waals surface area contributed by atoms with E-state index in [4.69, 9.17) is 28.9 Å². The van der Waals surface area contributed by atoms with Crippen molar-refractivity contribution in [2.45, 2.75) is 0 Å². The third-order valence-electron chi connectivity index (χ3n) is 2.94. The Morgan fingerprint density at radius 3 is 2.71 bits per heavy atom. The average molecular weight is 321 g/mol. The molecule has 0 aliphatic heterocycles. The van der Waals surface area contributed by atoms with E-state index in [0.29, 0.717) is 11.5 Å². The zero-order valence-corrected chi connectivity index (χ0v) is 12.2. The number of imidazole rings is 1. The van der Waals surface area contributed by atoms with Crippen LogP contribution in [0.2, 0.25) is 10.0 Å². The van der Waals surface area contributed by atoms with E-state index in [1.54, 1.807) is 0 Å². The van der Waals surface area contributed by atoms with Crippen LogP contribution in [0.5, 0.6) is 0 Å². The van der Waals surface area contributed by atoms with Crippen molar-refractivity contribution in [1.82, 2.24) is 9.97 Å². The summed E-state index contributed by atoms with van der Waals surface area (Å²) in [6.07, 6.45) is 0. The van der Waals surface area contributed by atoms with Crippen molar-refractivity contribution in [3.63, 3.8) is 0 Å². The fraction of sp³-hybridized carbons (Fsp3) is 0. The number of hydrogen-bond donors (Lipinski definition) is 3. The highest BCUT2D eigenvalue weighted by molar-refractivity contribution is 6.44. The van der Waals surface area contributed by atoms with Crippen LogP contribution in [0.25, 0.3) is 11.0 Å². The van der Waals surface area contributed by atoms with Gasteiger partial charge in [-0.05, 0) is 24.3 Å². The Labute approximate surface area is 130 Å². The van der Waals surface area contributed by atoms with E-state index in [9.17, 15) is 4.79 Å². The molecule has 4 N–H and O–H groups in total. The predicted octanol–water partition coefficient (Wildman–Crippen LogP) is 3.70. The number of para-hydroxylation sites is 2. The average Bonchev–Trinajstić information content (AvgIpc) is 2.86. The molecule has 21 heavy (non-hydrogen) atoms. The smallest absolute Gasteiger partial charge is 0.258 e. The van der Waals surface area contributed by atoms with Crippen molar-refractivity contribution in [2.75, 3.05) is 11.1 Å². The van der Waals surface area contributed by atoms with Gasteiger partial charge in [0.05, 0.1) is 26.8 Å². The maximum atomic E-state index is 12.2. The number of fused-ring (bicyclic) bond motifs is 1. The number of rotatable bonds is 2. The predicted molar refractivity (Wildman–Crippen MR) is 84.9 cm³/mol. The molecule has 1 heterocycles. The molecule has 1 aromatic heterocycles. The number of amides is 1. The van der Waals surface area contributed by atoms with Crippen LogP contribution < -0.4 is 11.1 Å². The molecule has 0 unspecified atom stereocenters. The molecule has 0 fully saturated rings. The molecule has 0 saturated heterocycles. The van der Waals surface area contributed by atoms with Crippen molar-refractivity contribution >= 4 is 51.8 Å². The van der Waals surface area contributed by atoms with E-state index in [-0.39, 0.29) is 21.6 Å². The maximum absolute atomic E-state index is 12.2. The minimum absolute atomic E-state index is 0.228. The molecule has 0 bridgehead atoms. The van der Waals surface area contributed by atoms with Gasteiger partial charge >= 0.3 is 0 Å². The summed E-state index contributed by atoms with van der Waals surface area (Å²) in [4.78, 5) is 19.4. The van der Waals surface area contributed by atoms with Gasteiger partial charge in [-0.25, -0.2) is 4.98 Å². The van der Waals surface area contributed by atoms with E-state index in [1.165, 1.54) is 12.1 Å². The van der Waals surface area contributed by atoms with Crippen molar-refractivity contribution in [1.29, 1.82) is 0 Å². The number of benzene rings is 2. The molecule has 0 aliphatic rings. The number of nitrogen functional groups attached to an aromatic ring is 1. The number of nitrogens with zero attached hydrogens (tertiary/aromatic N) is 1. The van der Waals surface area contributed by atoms with Gasteiger partial charge in [-0.15, -0.1) is 0 Å². The first-order valence-corrected chi connectivity index (χ1v) is 6.81. The molecule has 5 nitrogen and oxygen atoms in total. The van der Waals surface area contributed by atoms with Gasteiger partial charge in [0, 0.05) is 5.56 Å². The summed E-state index contributed by atoms with van der Waals surface area (Å²) in [6.45, 7) is 0. The van der Waals surface area contributed by atoms with Gasteiger partial charge in [-0.1, -0.05) is 35.3 Å². The van der Waals surface area contributed by atoms with E-state index < -0.39 is 0 Å². The van der Waals surface area contributed by atoms with Crippen LogP contribution >= 0.6 is 23.2 Å². The van der Waals surface area contributed by atoms with Crippen LogP contribution in [-0.2, 0) is 0 Å². The maximum Gasteiger partial charge on any atom is 0.258 e. The summed E-state index contributed by atoms with van der Waals surface area (Å²) in [5.41, 5.74) is 7.85. The summed E-state index contributed by atoms with van der Waals surface area (Å²) in [7, 11) is 0. The highest BCUT2D eigenvalue weighted by Gasteiger charge is 2.13. The molecule has 1 amide bonds.